The molecule has 0 bridgehead atoms. The van der Waals surface area contributed by atoms with E-state index in [0.717, 1.165) is 18.7 Å². The van der Waals surface area contributed by atoms with E-state index < -0.39 is 0 Å². The highest BCUT2D eigenvalue weighted by Crippen LogP contribution is 2.20. The lowest BCUT2D eigenvalue weighted by atomic mass is 10.0. The smallest absolute Gasteiger partial charge is 0.247 e. The maximum atomic E-state index is 12.4. The van der Waals surface area contributed by atoms with Crippen molar-refractivity contribution in [2.75, 3.05) is 19.6 Å². The maximum Gasteiger partial charge on any atom is 0.247 e. The zero-order valence-electron chi connectivity index (χ0n) is 17.8. The van der Waals surface area contributed by atoms with Crippen LogP contribution in [-0.4, -0.2) is 40.6 Å². The molecule has 30 heavy (non-hydrogen) atoms. The number of aryl methyl sites for hydroxylation is 1. The number of nitrogens with one attached hydrogen (secondary N) is 1. The SMILES string of the molecule is CCN(CC)C(CNC(=O)CCCc1nnc(-c2ccccc2)o1)c1ccccc1. The maximum absolute atomic E-state index is 12.4. The fraction of sp³-hybridized carbons (Fsp3) is 0.375. The molecule has 0 saturated carbocycles. The first kappa shape index (κ1) is 21.7. The summed E-state index contributed by atoms with van der Waals surface area (Å²) in [6.07, 6.45) is 1.69. The van der Waals surface area contributed by atoms with Crippen molar-refractivity contribution in [1.29, 1.82) is 0 Å². The molecule has 0 aliphatic rings. The minimum atomic E-state index is 0.0471. The standard InChI is InChI=1S/C24H30N4O2/c1-3-28(4-2)21(19-12-7-5-8-13-19)18-25-22(29)16-11-17-23-26-27-24(30-23)20-14-9-6-10-15-20/h5-10,12-15,21H,3-4,11,16-18H2,1-2H3,(H,25,29). The van der Waals surface area contributed by atoms with Crippen LogP contribution in [0.4, 0.5) is 0 Å². The van der Waals surface area contributed by atoms with Gasteiger partial charge in [-0.25, -0.2) is 0 Å². The van der Waals surface area contributed by atoms with Crippen LogP contribution in [0.3, 0.4) is 0 Å². The van der Waals surface area contributed by atoms with E-state index in [0.29, 0.717) is 37.6 Å². The average Bonchev–Trinajstić information content (AvgIpc) is 3.27. The van der Waals surface area contributed by atoms with Gasteiger partial charge in [-0.15, -0.1) is 10.2 Å². The quantitative estimate of drug-likeness (QED) is 0.515. The van der Waals surface area contributed by atoms with Crippen LogP contribution in [0.1, 0.15) is 44.2 Å². The van der Waals surface area contributed by atoms with Crippen molar-refractivity contribution in [1.82, 2.24) is 20.4 Å². The molecule has 0 aliphatic carbocycles. The van der Waals surface area contributed by atoms with Gasteiger partial charge in [0.1, 0.15) is 0 Å². The van der Waals surface area contributed by atoms with Crippen molar-refractivity contribution < 1.29 is 9.21 Å². The lowest BCUT2D eigenvalue weighted by Gasteiger charge is -2.30. The topological polar surface area (TPSA) is 71.3 Å². The molecule has 0 aliphatic heterocycles. The van der Waals surface area contributed by atoms with Crippen molar-refractivity contribution in [3.05, 3.63) is 72.1 Å². The number of hydrogen-bond donors (Lipinski definition) is 1. The van der Waals surface area contributed by atoms with Crippen LogP contribution in [0, 0.1) is 0 Å². The van der Waals surface area contributed by atoms with Gasteiger partial charge in [0.2, 0.25) is 17.7 Å². The normalized spacial score (nSPS) is 12.1. The van der Waals surface area contributed by atoms with E-state index in [9.17, 15) is 4.79 Å². The molecule has 3 rings (SSSR count). The van der Waals surface area contributed by atoms with Gasteiger partial charge in [0.05, 0.1) is 6.04 Å². The van der Waals surface area contributed by atoms with E-state index in [1.807, 2.05) is 48.5 Å². The zero-order chi connectivity index (χ0) is 21.2. The Morgan fingerprint density at radius 2 is 1.67 bits per heavy atom. The van der Waals surface area contributed by atoms with Crippen LogP contribution >= 0.6 is 0 Å². The third kappa shape index (κ3) is 6.00. The van der Waals surface area contributed by atoms with Crippen LogP contribution in [0.15, 0.2) is 65.1 Å². The van der Waals surface area contributed by atoms with E-state index in [-0.39, 0.29) is 11.9 Å². The van der Waals surface area contributed by atoms with Crippen molar-refractivity contribution >= 4 is 5.91 Å². The van der Waals surface area contributed by atoms with Crippen molar-refractivity contribution in [2.24, 2.45) is 0 Å². The van der Waals surface area contributed by atoms with E-state index in [1.165, 1.54) is 5.56 Å². The Balaban J connectivity index is 1.47. The Kier molecular flexibility index (Phi) is 8.15. The highest BCUT2D eigenvalue weighted by atomic mass is 16.4. The monoisotopic (exact) mass is 406 g/mol. The molecular weight excluding hydrogens is 376 g/mol. The number of rotatable bonds is 11. The predicted molar refractivity (Wildman–Crippen MR) is 118 cm³/mol. The molecular formula is C24H30N4O2. The third-order valence-corrected chi connectivity index (χ3v) is 5.21. The number of likely N-dealkylation sites (N-methyl/N-ethyl adjacent to an activating group) is 1. The number of carbonyl (C=O) groups is 1. The largest absolute Gasteiger partial charge is 0.421 e. The Hall–Kier alpha value is -2.99. The molecule has 1 heterocycles. The van der Waals surface area contributed by atoms with Crippen LogP contribution in [-0.2, 0) is 11.2 Å². The van der Waals surface area contributed by atoms with Crippen LogP contribution in [0.5, 0.6) is 0 Å². The highest BCUT2D eigenvalue weighted by molar-refractivity contribution is 5.75. The summed E-state index contributed by atoms with van der Waals surface area (Å²) < 4.78 is 5.71. The first-order valence-corrected chi connectivity index (χ1v) is 10.6. The number of carbonyl (C=O) groups excluding carboxylic acids is 1. The summed E-state index contributed by atoms with van der Waals surface area (Å²) >= 11 is 0. The Labute approximate surface area is 178 Å². The lowest BCUT2D eigenvalue weighted by Crippen LogP contribution is -2.38. The summed E-state index contributed by atoms with van der Waals surface area (Å²) in [5.41, 5.74) is 2.12. The molecule has 6 nitrogen and oxygen atoms in total. The molecule has 0 spiro atoms. The Morgan fingerprint density at radius 3 is 2.33 bits per heavy atom. The van der Waals surface area contributed by atoms with Crippen LogP contribution in [0.2, 0.25) is 0 Å². The molecule has 0 fully saturated rings. The van der Waals surface area contributed by atoms with Gasteiger partial charge in [0.15, 0.2) is 0 Å². The summed E-state index contributed by atoms with van der Waals surface area (Å²) in [6, 6.07) is 20.2. The first-order valence-electron chi connectivity index (χ1n) is 10.6. The molecule has 158 valence electrons. The van der Waals surface area contributed by atoms with E-state index in [1.54, 1.807) is 0 Å². The van der Waals surface area contributed by atoms with E-state index >= 15 is 0 Å². The average molecular weight is 407 g/mol. The summed E-state index contributed by atoms with van der Waals surface area (Å²) in [6.45, 7) is 6.77. The fourth-order valence-electron chi connectivity index (χ4n) is 3.55. The fourth-order valence-corrected chi connectivity index (χ4v) is 3.55. The Bertz CT molecular complexity index is 892. The van der Waals surface area contributed by atoms with Crippen molar-refractivity contribution in [3.8, 4) is 11.5 Å². The predicted octanol–water partition coefficient (Wildman–Crippen LogP) is 4.26. The molecule has 6 heteroatoms. The number of hydrogen-bond acceptors (Lipinski definition) is 5. The van der Waals surface area contributed by atoms with Crippen molar-refractivity contribution in [2.45, 2.75) is 39.2 Å². The Morgan fingerprint density at radius 1 is 1.00 bits per heavy atom. The second-order valence-corrected chi connectivity index (χ2v) is 7.17. The number of aromatic nitrogens is 2. The summed E-state index contributed by atoms with van der Waals surface area (Å²) in [5.74, 6) is 1.12. The van der Waals surface area contributed by atoms with Crippen LogP contribution in [0.25, 0.3) is 11.5 Å². The summed E-state index contributed by atoms with van der Waals surface area (Å²) in [5, 5.41) is 11.3. The van der Waals surface area contributed by atoms with Gasteiger partial charge >= 0.3 is 0 Å². The highest BCUT2D eigenvalue weighted by Gasteiger charge is 2.18. The number of amides is 1. The third-order valence-electron chi connectivity index (χ3n) is 5.21. The van der Waals surface area contributed by atoms with E-state index in [2.05, 4.69) is 46.4 Å². The number of nitrogens with zero attached hydrogens (tertiary/aromatic N) is 3. The molecule has 1 atom stereocenters. The van der Waals surface area contributed by atoms with Gasteiger partial charge in [-0.3, -0.25) is 9.69 Å². The molecule has 0 saturated heterocycles. The van der Waals surface area contributed by atoms with E-state index in [4.69, 9.17) is 4.42 Å². The van der Waals surface area contributed by atoms with Crippen molar-refractivity contribution in [3.63, 3.8) is 0 Å². The summed E-state index contributed by atoms with van der Waals surface area (Å²) in [7, 11) is 0. The van der Waals surface area contributed by atoms with Gasteiger partial charge in [-0.2, -0.15) is 0 Å². The van der Waals surface area contributed by atoms with Gasteiger partial charge in [-0.1, -0.05) is 62.4 Å². The molecule has 2 aromatic carbocycles. The molecule has 1 amide bonds. The lowest BCUT2D eigenvalue weighted by molar-refractivity contribution is -0.121. The summed E-state index contributed by atoms with van der Waals surface area (Å²) in [4.78, 5) is 14.8. The second-order valence-electron chi connectivity index (χ2n) is 7.17. The van der Waals surface area contributed by atoms with Gasteiger partial charge in [0, 0.05) is 24.9 Å². The molecule has 1 aromatic heterocycles. The van der Waals surface area contributed by atoms with Gasteiger partial charge < -0.3 is 9.73 Å². The second kappa shape index (κ2) is 11.3. The minimum Gasteiger partial charge on any atom is -0.421 e. The van der Waals surface area contributed by atoms with Gasteiger partial charge in [-0.05, 0) is 37.2 Å². The van der Waals surface area contributed by atoms with Gasteiger partial charge in [0.25, 0.3) is 0 Å². The zero-order valence-corrected chi connectivity index (χ0v) is 17.8. The molecule has 1 unspecified atom stereocenters. The number of benzene rings is 2. The first-order chi connectivity index (χ1) is 14.7. The molecule has 1 N–H and O–H groups in total. The molecule has 0 radical (unpaired) electrons. The van der Waals surface area contributed by atoms with Crippen LogP contribution < -0.4 is 5.32 Å². The minimum absolute atomic E-state index is 0.0471. The molecule has 3 aromatic rings.